The predicted molar refractivity (Wildman–Crippen MR) is 118 cm³/mol. The summed E-state index contributed by atoms with van der Waals surface area (Å²) >= 11 is 0. The Kier molecular flexibility index (Phi) is 8.08. The van der Waals surface area contributed by atoms with E-state index in [4.69, 9.17) is 14.2 Å². The molecule has 2 fully saturated rings. The molecule has 1 N–H and O–H groups in total. The van der Waals surface area contributed by atoms with Crippen LogP contribution in [0.25, 0.3) is 0 Å². The first-order valence-electron chi connectivity index (χ1n) is 10.5. The van der Waals surface area contributed by atoms with Crippen LogP contribution in [0.2, 0.25) is 0 Å². The molecule has 8 nitrogen and oxygen atoms in total. The van der Waals surface area contributed by atoms with Gasteiger partial charge in [-0.15, -0.1) is 0 Å². The van der Waals surface area contributed by atoms with E-state index in [0.717, 1.165) is 6.42 Å². The molecule has 2 amide bonds. The van der Waals surface area contributed by atoms with Crippen LogP contribution in [0.5, 0.6) is 0 Å². The first-order valence-corrected chi connectivity index (χ1v) is 10.5. The number of aliphatic hydroxyl groups is 1. The maximum Gasteiger partial charge on any atom is 0.256 e. The Bertz CT molecular complexity index is 908. The Morgan fingerprint density at radius 3 is 2.53 bits per heavy atom. The lowest BCUT2D eigenvalue weighted by atomic mass is 10.1. The van der Waals surface area contributed by atoms with Crippen LogP contribution in [0.1, 0.15) is 24.8 Å². The molecule has 2 heterocycles. The van der Waals surface area contributed by atoms with Gasteiger partial charge in [0.1, 0.15) is 5.76 Å². The third-order valence-corrected chi connectivity index (χ3v) is 5.74. The quantitative estimate of drug-likeness (QED) is 0.704. The number of fused-ring (bicyclic) bond motifs is 2. The third-order valence-electron chi connectivity index (χ3n) is 5.74. The molecule has 2 aliphatic heterocycles. The molecule has 0 aromatic heterocycles. The Hall–Kier alpha value is -3.10. The van der Waals surface area contributed by atoms with Gasteiger partial charge >= 0.3 is 0 Å². The lowest BCUT2D eigenvalue weighted by molar-refractivity contribution is -0.134. The van der Waals surface area contributed by atoms with E-state index in [0.29, 0.717) is 55.2 Å². The zero-order valence-electron chi connectivity index (χ0n) is 18.7. The summed E-state index contributed by atoms with van der Waals surface area (Å²) in [7, 11) is 4.73. The zero-order chi connectivity index (χ0) is 23.1. The number of ether oxygens (including phenoxy) is 3. The number of hydrogen-bond acceptors (Lipinski definition) is 6. The molecule has 0 radical (unpaired) electrons. The highest BCUT2D eigenvalue weighted by atomic mass is 16.5. The average molecular weight is 443 g/mol. The van der Waals surface area contributed by atoms with Crippen molar-refractivity contribution in [3.05, 3.63) is 70.8 Å². The Balaban J connectivity index is 0.000000269. The summed E-state index contributed by atoms with van der Waals surface area (Å²) < 4.78 is 15.6. The van der Waals surface area contributed by atoms with Gasteiger partial charge in [-0.3, -0.25) is 14.5 Å². The van der Waals surface area contributed by atoms with Crippen molar-refractivity contribution >= 4 is 12.3 Å². The summed E-state index contributed by atoms with van der Waals surface area (Å²) in [5.74, 6) is 0.806. The van der Waals surface area contributed by atoms with Crippen molar-refractivity contribution < 1.29 is 28.9 Å². The monoisotopic (exact) mass is 442 g/mol. The van der Waals surface area contributed by atoms with Gasteiger partial charge in [-0.05, 0) is 24.5 Å². The minimum absolute atomic E-state index is 0.200. The van der Waals surface area contributed by atoms with E-state index in [1.807, 2.05) is 30.3 Å². The molecule has 1 aromatic rings. The summed E-state index contributed by atoms with van der Waals surface area (Å²) in [6.45, 7) is 1.28. The first-order chi connectivity index (χ1) is 15.5. The number of rotatable bonds is 5. The highest BCUT2D eigenvalue weighted by molar-refractivity contribution is 5.99. The van der Waals surface area contributed by atoms with Gasteiger partial charge in [0.25, 0.3) is 5.91 Å². The zero-order valence-corrected chi connectivity index (χ0v) is 18.7. The Morgan fingerprint density at radius 1 is 1.16 bits per heavy atom. The molecule has 2 unspecified atom stereocenters. The minimum Gasteiger partial charge on any atom is -0.497 e. The van der Waals surface area contributed by atoms with Gasteiger partial charge in [0, 0.05) is 20.1 Å². The number of nitrogens with zero attached hydrogens (tertiary/aromatic N) is 2. The maximum absolute atomic E-state index is 12.9. The summed E-state index contributed by atoms with van der Waals surface area (Å²) in [5.41, 5.74) is 1.96. The van der Waals surface area contributed by atoms with Crippen LogP contribution in [-0.2, 0) is 30.4 Å². The van der Waals surface area contributed by atoms with Crippen molar-refractivity contribution in [2.45, 2.75) is 38.1 Å². The van der Waals surface area contributed by atoms with E-state index < -0.39 is 6.23 Å². The summed E-state index contributed by atoms with van der Waals surface area (Å²) in [6.07, 6.45) is 4.68. The van der Waals surface area contributed by atoms with Gasteiger partial charge in [0.15, 0.2) is 12.0 Å². The molecule has 0 bridgehead atoms. The molecule has 32 heavy (non-hydrogen) atoms. The molecular weight excluding hydrogens is 412 g/mol. The fourth-order valence-corrected chi connectivity index (χ4v) is 4.16. The molecule has 1 aromatic carbocycles. The van der Waals surface area contributed by atoms with Crippen LogP contribution >= 0.6 is 0 Å². The molecule has 4 rings (SSSR count). The standard InChI is InChI=1S/C16H20N2O5.C8H10O/c1-22-13-6-5-11-10(8-14(13)23-2)15(20)17-7-3-4-12(17)16(21)18(11)9-19;1-9-7-8-5-3-2-4-6-8/h5,8-9,12,16,21H,3-4,6-7H2,1-2H3;2-6H,7H2,1H3. The molecule has 2 saturated heterocycles. The van der Waals surface area contributed by atoms with Crippen LogP contribution in [0.4, 0.5) is 0 Å². The summed E-state index contributed by atoms with van der Waals surface area (Å²) in [6, 6.07) is 9.73. The second kappa shape index (κ2) is 11.0. The van der Waals surface area contributed by atoms with E-state index in [9.17, 15) is 14.7 Å². The lowest BCUT2D eigenvalue weighted by Crippen LogP contribution is -2.46. The minimum atomic E-state index is -1.05. The Labute approximate surface area is 188 Å². The van der Waals surface area contributed by atoms with Crippen molar-refractivity contribution in [2.24, 2.45) is 0 Å². The number of carbonyl (C=O) groups excluding carboxylic acids is 2. The second-order valence-electron chi connectivity index (χ2n) is 7.60. The number of benzene rings is 1. The van der Waals surface area contributed by atoms with Gasteiger partial charge in [-0.25, -0.2) is 0 Å². The van der Waals surface area contributed by atoms with Gasteiger partial charge in [-0.2, -0.15) is 0 Å². The maximum atomic E-state index is 12.9. The van der Waals surface area contributed by atoms with Gasteiger partial charge in [-0.1, -0.05) is 36.4 Å². The van der Waals surface area contributed by atoms with Crippen LogP contribution in [0, 0.1) is 0 Å². The summed E-state index contributed by atoms with van der Waals surface area (Å²) in [5, 5.41) is 10.6. The fraction of sp³-hybridized carbons (Fsp3) is 0.417. The lowest BCUT2D eigenvalue weighted by Gasteiger charge is -2.29. The highest BCUT2D eigenvalue weighted by Crippen LogP contribution is 2.35. The number of methoxy groups -OCH3 is 3. The van der Waals surface area contributed by atoms with E-state index >= 15 is 0 Å². The first kappa shape index (κ1) is 23.6. The predicted octanol–water partition coefficient (Wildman–Crippen LogP) is 2.32. The van der Waals surface area contributed by atoms with E-state index in [1.54, 1.807) is 24.2 Å². The molecule has 0 spiro atoms. The van der Waals surface area contributed by atoms with Crippen molar-refractivity contribution in [1.29, 1.82) is 0 Å². The normalized spacial score (nSPS) is 22.4. The number of carbonyl (C=O) groups is 2. The molecule has 1 aliphatic carbocycles. The van der Waals surface area contributed by atoms with E-state index in [1.165, 1.54) is 24.7 Å². The molecule has 172 valence electrons. The molecular formula is C24H30N2O6. The molecule has 2 atom stereocenters. The van der Waals surface area contributed by atoms with E-state index in [-0.39, 0.29) is 11.9 Å². The topological polar surface area (TPSA) is 88.5 Å². The second-order valence-corrected chi connectivity index (χ2v) is 7.60. The van der Waals surface area contributed by atoms with Crippen molar-refractivity contribution in [1.82, 2.24) is 9.80 Å². The number of aliphatic hydroxyl groups excluding tert-OH is 1. The fourth-order valence-electron chi connectivity index (χ4n) is 4.16. The van der Waals surface area contributed by atoms with Gasteiger partial charge < -0.3 is 24.2 Å². The van der Waals surface area contributed by atoms with Gasteiger partial charge in [0.2, 0.25) is 6.41 Å². The average Bonchev–Trinajstić information content (AvgIpc) is 3.21. The summed E-state index contributed by atoms with van der Waals surface area (Å²) in [4.78, 5) is 27.4. The molecule has 0 saturated carbocycles. The van der Waals surface area contributed by atoms with Crippen LogP contribution in [-0.4, -0.2) is 67.4 Å². The highest BCUT2D eigenvalue weighted by Gasteiger charge is 2.44. The molecule has 3 aliphatic rings. The smallest absolute Gasteiger partial charge is 0.256 e. The SMILES string of the molecule is COC1=C(OC)CC=C2C(=C1)C(=O)N1CCCC1C(O)N2C=O.COCc1ccccc1. The Morgan fingerprint density at radius 2 is 1.91 bits per heavy atom. The van der Waals surface area contributed by atoms with Crippen molar-refractivity contribution in [3.8, 4) is 0 Å². The number of allylic oxidation sites excluding steroid dienone is 2. The largest absolute Gasteiger partial charge is 0.497 e. The van der Waals surface area contributed by atoms with Crippen LogP contribution in [0.15, 0.2) is 65.3 Å². The van der Waals surface area contributed by atoms with Crippen LogP contribution < -0.4 is 0 Å². The van der Waals surface area contributed by atoms with Crippen LogP contribution in [0.3, 0.4) is 0 Å². The molecule has 8 heteroatoms. The van der Waals surface area contributed by atoms with Gasteiger partial charge in [0.05, 0.1) is 38.1 Å². The number of hydrogen-bond donors (Lipinski definition) is 1. The van der Waals surface area contributed by atoms with E-state index in [2.05, 4.69) is 0 Å². The third kappa shape index (κ3) is 4.87. The van der Waals surface area contributed by atoms with Crippen molar-refractivity contribution in [2.75, 3.05) is 27.9 Å². The van der Waals surface area contributed by atoms with Crippen molar-refractivity contribution in [3.63, 3.8) is 0 Å². The number of amides is 2.